The molecule has 1 aromatic rings. The van der Waals surface area contributed by atoms with Crippen LogP contribution in [-0.2, 0) is 7.05 Å². The maximum atomic E-state index is 4.24. The van der Waals surface area contributed by atoms with Gasteiger partial charge in [-0.25, -0.2) is 0 Å². The SMILES string of the molecule is CCN(C)/N=C/c1cn(C)nc1C. The van der Waals surface area contributed by atoms with Crippen LogP contribution in [0.15, 0.2) is 11.3 Å². The maximum Gasteiger partial charge on any atom is 0.0682 e. The molecule has 4 heteroatoms. The van der Waals surface area contributed by atoms with Crippen molar-refractivity contribution >= 4 is 6.21 Å². The molecule has 0 aromatic carbocycles. The van der Waals surface area contributed by atoms with Gasteiger partial charge < -0.3 is 5.01 Å². The minimum Gasteiger partial charge on any atom is -0.300 e. The minimum atomic E-state index is 0.913. The molecule has 13 heavy (non-hydrogen) atoms. The summed E-state index contributed by atoms with van der Waals surface area (Å²) in [7, 11) is 3.86. The number of hydrazone groups is 1. The Kier molecular flexibility index (Phi) is 3.06. The lowest BCUT2D eigenvalue weighted by Crippen LogP contribution is -2.09. The van der Waals surface area contributed by atoms with Gasteiger partial charge in [-0.2, -0.15) is 10.2 Å². The highest BCUT2D eigenvalue weighted by molar-refractivity contribution is 5.80. The minimum absolute atomic E-state index is 0.913. The van der Waals surface area contributed by atoms with Crippen molar-refractivity contribution in [1.82, 2.24) is 14.8 Å². The molecule has 1 rings (SSSR count). The highest BCUT2D eigenvalue weighted by atomic mass is 15.4. The zero-order chi connectivity index (χ0) is 9.84. The van der Waals surface area contributed by atoms with Crippen LogP contribution in [0, 0.1) is 6.92 Å². The molecule has 1 aromatic heterocycles. The van der Waals surface area contributed by atoms with Crippen LogP contribution in [0.1, 0.15) is 18.2 Å². The summed E-state index contributed by atoms with van der Waals surface area (Å²) in [5, 5.41) is 10.3. The molecule has 4 nitrogen and oxygen atoms in total. The summed E-state index contributed by atoms with van der Waals surface area (Å²) in [6, 6.07) is 0. The highest BCUT2D eigenvalue weighted by Crippen LogP contribution is 2.00. The fourth-order valence-electron chi connectivity index (χ4n) is 0.987. The summed E-state index contributed by atoms with van der Waals surface area (Å²) in [5.41, 5.74) is 2.08. The fourth-order valence-corrected chi connectivity index (χ4v) is 0.987. The molecule has 0 bridgehead atoms. The van der Waals surface area contributed by atoms with Gasteiger partial charge in [-0.3, -0.25) is 4.68 Å². The van der Waals surface area contributed by atoms with Crippen LogP contribution in [0.2, 0.25) is 0 Å². The molecule has 1 heterocycles. The summed E-state index contributed by atoms with van der Waals surface area (Å²) in [4.78, 5) is 0. The smallest absolute Gasteiger partial charge is 0.0682 e. The first kappa shape index (κ1) is 9.77. The average molecular weight is 180 g/mol. The van der Waals surface area contributed by atoms with Crippen molar-refractivity contribution < 1.29 is 0 Å². The van der Waals surface area contributed by atoms with Gasteiger partial charge in [0.05, 0.1) is 11.9 Å². The molecule has 0 saturated heterocycles. The van der Waals surface area contributed by atoms with Gasteiger partial charge in [-0.05, 0) is 13.8 Å². The summed E-state index contributed by atoms with van der Waals surface area (Å²) >= 11 is 0. The Morgan fingerprint density at radius 2 is 2.38 bits per heavy atom. The van der Waals surface area contributed by atoms with E-state index in [4.69, 9.17) is 0 Å². The highest BCUT2D eigenvalue weighted by Gasteiger charge is 1.98. The molecule has 0 radical (unpaired) electrons. The van der Waals surface area contributed by atoms with Crippen LogP contribution in [-0.4, -0.2) is 34.6 Å². The zero-order valence-electron chi connectivity index (χ0n) is 8.65. The number of hydrogen-bond acceptors (Lipinski definition) is 3. The number of aromatic nitrogens is 2. The first-order chi connectivity index (χ1) is 6.13. The second-order valence-electron chi connectivity index (χ2n) is 3.06. The summed E-state index contributed by atoms with van der Waals surface area (Å²) in [6.45, 7) is 4.95. The van der Waals surface area contributed by atoms with Crippen molar-refractivity contribution in [3.63, 3.8) is 0 Å². The van der Waals surface area contributed by atoms with Crippen molar-refractivity contribution in [2.24, 2.45) is 12.1 Å². The van der Waals surface area contributed by atoms with Crippen LogP contribution >= 0.6 is 0 Å². The van der Waals surface area contributed by atoms with E-state index in [1.165, 1.54) is 0 Å². The van der Waals surface area contributed by atoms with Crippen LogP contribution in [0.4, 0.5) is 0 Å². The number of nitrogens with zero attached hydrogens (tertiary/aromatic N) is 4. The molecule has 0 aliphatic heterocycles. The van der Waals surface area contributed by atoms with E-state index < -0.39 is 0 Å². The Hall–Kier alpha value is -1.32. The van der Waals surface area contributed by atoms with Gasteiger partial charge in [-0.1, -0.05) is 0 Å². The summed E-state index contributed by atoms with van der Waals surface area (Å²) in [5.74, 6) is 0. The first-order valence-electron chi connectivity index (χ1n) is 4.39. The predicted octanol–water partition coefficient (Wildman–Crippen LogP) is 1.01. The Morgan fingerprint density at radius 1 is 1.69 bits per heavy atom. The van der Waals surface area contributed by atoms with E-state index in [1.807, 2.05) is 38.4 Å². The Morgan fingerprint density at radius 3 is 2.85 bits per heavy atom. The lowest BCUT2D eigenvalue weighted by molar-refractivity contribution is 0.377. The first-order valence-corrected chi connectivity index (χ1v) is 4.39. The Labute approximate surface area is 78.9 Å². The van der Waals surface area contributed by atoms with Crippen molar-refractivity contribution in [3.05, 3.63) is 17.5 Å². The zero-order valence-corrected chi connectivity index (χ0v) is 8.65. The van der Waals surface area contributed by atoms with Gasteiger partial charge in [0.15, 0.2) is 0 Å². The van der Waals surface area contributed by atoms with E-state index in [0.717, 1.165) is 17.8 Å². The number of rotatable bonds is 3. The van der Waals surface area contributed by atoms with Gasteiger partial charge in [0.1, 0.15) is 0 Å². The predicted molar refractivity (Wildman–Crippen MR) is 53.8 cm³/mol. The number of hydrogen-bond donors (Lipinski definition) is 0. The third-order valence-electron chi connectivity index (χ3n) is 1.90. The lowest BCUT2D eigenvalue weighted by Gasteiger charge is -2.07. The molecule has 0 unspecified atom stereocenters. The largest absolute Gasteiger partial charge is 0.300 e. The van der Waals surface area contributed by atoms with E-state index in [0.29, 0.717) is 0 Å². The molecule has 0 N–H and O–H groups in total. The monoisotopic (exact) mass is 180 g/mol. The third-order valence-corrected chi connectivity index (χ3v) is 1.90. The second-order valence-corrected chi connectivity index (χ2v) is 3.06. The summed E-state index contributed by atoms with van der Waals surface area (Å²) < 4.78 is 1.79. The Balaban J connectivity index is 2.73. The molecule has 0 aliphatic carbocycles. The third kappa shape index (κ3) is 2.57. The van der Waals surface area contributed by atoms with Crippen molar-refractivity contribution in [1.29, 1.82) is 0 Å². The molecule has 0 amide bonds. The topological polar surface area (TPSA) is 33.4 Å². The van der Waals surface area contributed by atoms with Crippen LogP contribution in [0.5, 0.6) is 0 Å². The van der Waals surface area contributed by atoms with E-state index in [1.54, 1.807) is 4.68 Å². The van der Waals surface area contributed by atoms with E-state index in [-0.39, 0.29) is 0 Å². The standard InChI is InChI=1S/C9H16N4/c1-5-12(3)10-6-9-7-13(4)11-8(9)2/h6-7H,5H2,1-4H3/b10-6+. The molecular formula is C9H16N4. The lowest BCUT2D eigenvalue weighted by atomic mass is 10.3. The molecular weight excluding hydrogens is 164 g/mol. The van der Waals surface area contributed by atoms with Gasteiger partial charge in [0.25, 0.3) is 0 Å². The van der Waals surface area contributed by atoms with E-state index >= 15 is 0 Å². The van der Waals surface area contributed by atoms with Gasteiger partial charge in [0, 0.05) is 32.4 Å². The van der Waals surface area contributed by atoms with Crippen molar-refractivity contribution in [2.45, 2.75) is 13.8 Å². The molecule has 0 saturated carbocycles. The van der Waals surface area contributed by atoms with Crippen molar-refractivity contribution in [2.75, 3.05) is 13.6 Å². The van der Waals surface area contributed by atoms with Crippen LogP contribution in [0.25, 0.3) is 0 Å². The van der Waals surface area contributed by atoms with Crippen LogP contribution in [0.3, 0.4) is 0 Å². The van der Waals surface area contributed by atoms with Crippen molar-refractivity contribution in [3.8, 4) is 0 Å². The molecule has 0 spiro atoms. The normalized spacial score (nSPS) is 11.1. The maximum absolute atomic E-state index is 4.24. The van der Waals surface area contributed by atoms with E-state index in [9.17, 15) is 0 Å². The molecule has 0 aliphatic rings. The average Bonchev–Trinajstić information content (AvgIpc) is 2.41. The van der Waals surface area contributed by atoms with Crippen LogP contribution < -0.4 is 0 Å². The van der Waals surface area contributed by atoms with Gasteiger partial charge >= 0.3 is 0 Å². The van der Waals surface area contributed by atoms with Gasteiger partial charge in [-0.15, -0.1) is 0 Å². The van der Waals surface area contributed by atoms with Gasteiger partial charge in [0.2, 0.25) is 0 Å². The summed E-state index contributed by atoms with van der Waals surface area (Å²) in [6.07, 6.45) is 3.80. The molecule has 0 atom stereocenters. The van der Waals surface area contributed by atoms with E-state index in [2.05, 4.69) is 17.1 Å². The molecule has 72 valence electrons. The fraction of sp³-hybridized carbons (Fsp3) is 0.556. The second kappa shape index (κ2) is 4.07. The quantitative estimate of drug-likeness (QED) is 0.514. The Bertz CT molecular complexity index is 301. The molecule has 0 fully saturated rings. The number of aryl methyl sites for hydroxylation is 2.